The SMILES string of the molecule is CCCc1nc(C(=O)NC(C)C(CO)SC)n[nH]1. The molecule has 1 rings (SSSR count). The van der Waals surface area contributed by atoms with E-state index in [1.165, 1.54) is 11.8 Å². The van der Waals surface area contributed by atoms with Gasteiger partial charge in [0, 0.05) is 17.7 Å². The number of amides is 1. The fourth-order valence-electron chi connectivity index (χ4n) is 1.55. The van der Waals surface area contributed by atoms with Crippen molar-refractivity contribution >= 4 is 17.7 Å². The molecule has 0 spiro atoms. The Morgan fingerprint density at radius 3 is 2.89 bits per heavy atom. The fraction of sp³-hybridized carbons (Fsp3) is 0.727. The first-order chi connectivity index (χ1) is 8.62. The smallest absolute Gasteiger partial charge is 0.291 e. The van der Waals surface area contributed by atoms with Gasteiger partial charge < -0.3 is 10.4 Å². The van der Waals surface area contributed by atoms with Gasteiger partial charge in [0.2, 0.25) is 5.82 Å². The number of carbonyl (C=O) groups is 1. The number of nitrogens with one attached hydrogen (secondary N) is 2. The Morgan fingerprint density at radius 1 is 1.61 bits per heavy atom. The van der Waals surface area contributed by atoms with E-state index in [4.69, 9.17) is 5.11 Å². The molecule has 1 aromatic rings. The third kappa shape index (κ3) is 3.99. The van der Waals surface area contributed by atoms with Crippen LogP contribution in [0.4, 0.5) is 0 Å². The molecule has 1 heterocycles. The number of aryl methyl sites for hydroxylation is 1. The minimum absolute atomic E-state index is 0.0250. The summed E-state index contributed by atoms with van der Waals surface area (Å²) in [5.74, 6) is 0.565. The highest BCUT2D eigenvalue weighted by Gasteiger charge is 2.20. The molecule has 3 N–H and O–H groups in total. The summed E-state index contributed by atoms with van der Waals surface area (Å²) in [6.45, 7) is 3.92. The van der Waals surface area contributed by atoms with Gasteiger partial charge in [-0.3, -0.25) is 9.89 Å². The van der Waals surface area contributed by atoms with Crippen LogP contribution in [0.1, 0.15) is 36.7 Å². The molecular weight excluding hydrogens is 252 g/mol. The number of thioether (sulfide) groups is 1. The Balaban J connectivity index is 2.58. The molecule has 0 saturated heterocycles. The minimum Gasteiger partial charge on any atom is -0.395 e. The molecule has 6 nitrogen and oxygen atoms in total. The van der Waals surface area contributed by atoms with Crippen LogP contribution >= 0.6 is 11.8 Å². The van der Waals surface area contributed by atoms with Crippen molar-refractivity contribution in [2.45, 2.75) is 38.0 Å². The first kappa shape index (κ1) is 15.0. The van der Waals surface area contributed by atoms with Crippen molar-refractivity contribution in [2.24, 2.45) is 0 Å². The molecule has 102 valence electrons. The van der Waals surface area contributed by atoms with Crippen molar-refractivity contribution in [3.05, 3.63) is 11.6 Å². The topological polar surface area (TPSA) is 90.9 Å². The number of H-pyrrole nitrogens is 1. The molecule has 0 aromatic carbocycles. The van der Waals surface area contributed by atoms with E-state index in [2.05, 4.69) is 20.5 Å². The van der Waals surface area contributed by atoms with Crippen LogP contribution in [0.5, 0.6) is 0 Å². The lowest BCUT2D eigenvalue weighted by Crippen LogP contribution is -2.41. The van der Waals surface area contributed by atoms with Crippen LogP contribution in [-0.2, 0) is 6.42 Å². The molecule has 2 atom stereocenters. The van der Waals surface area contributed by atoms with E-state index in [1.54, 1.807) is 0 Å². The number of carbonyl (C=O) groups excluding carboxylic acids is 1. The number of hydrogen-bond acceptors (Lipinski definition) is 5. The van der Waals surface area contributed by atoms with E-state index in [0.29, 0.717) is 0 Å². The van der Waals surface area contributed by atoms with Gasteiger partial charge in [-0.1, -0.05) is 6.92 Å². The molecule has 2 unspecified atom stereocenters. The van der Waals surface area contributed by atoms with Crippen LogP contribution in [0.15, 0.2) is 0 Å². The fourth-order valence-corrected chi connectivity index (χ4v) is 2.17. The zero-order valence-corrected chi connectivity index (χ0v) is 11.8. The van der Waals surface area contributed by atoms with Gasteiger partial charge in [-0.15, -0.1) is 5.10 Å². The van der Waals surface area contributed by atoms with Crippen LogP contribution in [0.2, 0.25) is 0 Å². The summed E-state index contributed by atoms with van der Waals surface area (Å²) in [7, 11) is 0. The van der Waals surface area contributed by atoms with E-state index in [-0.39, 0.29) is 29.6 Å². The Hall–Kier alpha value is -1.08. The Bertz CT molecular complexity index is 379. The molecule has 0 aliphatic carbocycles. The van der Waals surface area contributed by atoms with Crippen molar-refractivity contribution in [3.63, 3.8) is 0 Å². The normalized spacial score (nSPS) is 14.2. The van der Waals surface area contributed by atoms with Gasteiger partial charge in [0.25, 0.3) is 5.91 Å². The molecule has 0 aliphatic rings. The maximum atomic E-state index is 11.9. The number of rotatable bonds is 7. The highest BCUT2D eigenvalue weighted by Crippen LogP contribution is 2.10. The van der Waals surface area contributed by atoms with Gasteiger partial charge in [0.15, 0.2) is 0 Å². The van der Waals surface area contributed by atoms with Crippen LogP contribution in [0, 0.1) is 0 Å². The second kappa shape index (κ2) is 7.38. The second-order valence-electron chi connectivity index (χ2n) is 4.07. The first-order valence-corrected chi connectivity index (χ1v) is 7.26. The lowest BCUT2D eigenvalue weighted by molar-refractivity contribution is 0.0925. The maximum Gasteiger partial charge on any atom is 0.291 e. The molecule has 18 heavy (non-hydrogen) atoms. The second-order valence-corrected chi connectivity index (χ2v) is 5.15. The molecule has 0 aliphatic heterocycles. The van der Waals surface area contributed by atoms with Crippen LogP contribution in [0.3, 0.4) is 0 Å². The lowest BCUT2D eigenvalue weighted by atomic mass is 10.2. The number of aliphatic hydroxyl groups is 1. The number of aromatic nitrogens is 3. The summed E-state index contributed by atoms with van der Waals surface area (Å²) in [5.41, 5.74) is 0. The summed E-state index contributed by atoms with van der Waals surface area (Å²) >= 11 is 1.52. The summed E-state index contributed by atoms with van der Waals surface area (Å²) in [6, 6.07) is -0.134. The van der Waals surface area contributed by atoms with E-state index in [0.717, 1.165) is 18.7 Å². The third-order valence-corrected chi connectivity index (χ3v) is 3.78. The molecular formula is C11H20N4O2S. The van der Waals surface area contributed by atoms with E-state index in [1.807, 2.05) is 20.1 Å². The summed E-state index contributed by atoms with van der Waals surface area (Å²) in [4.78, 5) is 16.0. The van der Waals surface area contributed by atoms with Crippen LogP contribution in [-0.4, -0.2) is 50.3 Å². The van der Waals surface area contributed by atoms with Gasteiger partial charge in [-0.25, -0.2) is 4.98 Å². The average Bonchev–Trinajstić information content (AvgIpc) is 2.79. The van der Waals surface area contributed by atoms with Gasteiger partial charge >= 0.3 is 0 Å². The van der Waals surface area contributed by atoms with Crippen LogP contribution < -0.4 is 5.32 Å². The van der Waals surface area contributed by atoms with Gasteiger partial charge in [-0.2, -0.15) is 11.8 Å². The minimum atomic E-state index is -0.311. The highest BCUT2D eigenvalue weighted by molar-refractivity contribution is 7.99. The molecule has 7 heteroatoms. The molecule has 0 fully saturated rings. The average molecular weight is 272 g/mol. The zero-order chi connectivity index (χ0) is 13.5. The summed E-state index contributed by atoms with van der Waals surface area (Å²) < 4.78 is 0. The van der Waals surface area contributed by atoms with Crippen LogP contribution in [0.25, 0.3) is 0 Å². The molecule has 0 saturated carbocycles. The highest BCUT2D eigenvalue weighted by atomic mass is 32.2. The number of hydrogen-bond donors (Lipinski definition) is 3. The van der Waals surface area contributed by atoms with E-state index >= 15 is 0 Å². The number of aromatic amines is 1. The molecule has 0 bridgehead atoms. The number of aliphatic hydroxyl groups excluding tert-OH is 1. The van der Waals surface area contributed by atoms with E-state index < -0.39 is 0 Å². The maximum absolute atomic E-state index is 11.9. The molecule has 0 radical (unpaired) electrons. The standard InChI is InChI=1S/C11H20N4O2S/c1-4-5-9-13-10(15-14-9)11(17)12-7(2)8(6-16)18-3/h7-8,16H,4-6H2,1-3H3,(H,12,17)(H,13,14,15). The predicted octanol–water partition coefficient (Wildman–Crippen LogP) is 0.599. The molecule has 1 aromatic heterocycles. The van der Waals surface area contributed by atoms with Gasteiger partial charge in [0.1, 0.15) is 5.82 Å². The Labute approximate surface area is 111 Å². The Morgan fingerprint density at radius 2 is 2.33 bits per heavy atom. The first-order valence-electron chi connectivity index (χ1n) is 5.98. The van der Waals surface area contributed by atoms with Crippen molar-refractivity contribution in [1.82, 2.24) is 20.5 Å². The predicted molar refractivity (Wildman–Crippen MR) is 71.7 cm³/mol. The summed E-state index contributed by atoms with van der Waals surface area (Å²) in [6.07, 6.45) is 3.63. The summed E-state index contributed by atoms with van der Waals surface area (Å²) in [5, 5.41) is 18.5. The number of nitrogens with zero attached hydrogens (tertiary/aromatic N) is 2. The van der Waals surface area contributed by atoms with Crippen molar-refractivity contribution in [3.8, 4) is 0 Å². The van der Waals surface area contributed by atoms with Crippen molar-refractivity contribution in [2.75, 3.05) is 12.9 Å². The lowest BCUT2D eigenvalue weighted by Gasteiger charge is -2.20. The monoisotopic (exact) mass is 272 g/mol. The van der Waals surface area contributed by atoms with Crippen molar-refractivity contribution in [1.29, 1.82) is 0 Å². The zero-order valence-electron chi connectivity index (χ0n) is 10.9. The van der Waals surface area contributed by atoms with Gasteiger partial charge in [-0.05, 0) is 19.6 Å². The Kier molecular flexibility index (Phi) is 6.14. The van der Waals surface area contributed by atoms with Gasteiger partial charge in [0.05, 0.1) is 6.61 Å². The third-order valence-electron chi connectivity index (χ3n) is 2.62. The largest absolute Gasteiger partial charge is 0.395 e. The quantitative estimate of drug-likeness (QED) is 0.676. The molecule has 1 amide bonds. The van der Waals surface area contributed by atoms with E-state index in [9.17, 15) is 4.79 Å². The van der Waals surface area contributed by atoms with Crippen molar-refractivity contribution < 1.29 is 9.90 Å².